The summed E-state index contributed by atoms with van der Waals surface area (Å²) < 4.78 is 2.51. The largest absolute Gasteiger partial charge is 0.308 e. The average Bonchev–Trinajstić information content (AvgIpc) is 3.49. The standard InChI is InChI=1S/C39H25N/c1-24-15-16-31(25-9-3-2-4-10-25)32(17-24)30-20-35-33-18-26-11-5-7-13-28(26)22-37(33)40-38-23-29-14-8-6-12-27(29)19-34(38)36(21-30)39(35)40/h2-23H,1H3. The highest BCUT2D eigenvalue weighted by Gasteiger charge is 2.21. The Morgan fingerprint density at radius 3 is 1.50 bits per heavy atom. The van der Waals surface area contributed by atoms with Crippen LogP contribution in [0.1, 0.15) is 5.56 Å². The first kappa shape index (κ1) is 21.8. The van der Waals surface area contributed by atoms with E-state index in [1.165, 1.54) is 87.5 Å². The molecule has 7 aromatic carbocycles. The van der Waals surface area contributed by atoms with Crippen molar-refractivity contribution in [2.24, 2.45) is 0 Å². The molecule has 0 radical (unpaired) electrons. The van der Waals surface area contributed by atoms with Gasteiger partial charge in [0.25, 0.3) is 0 Å². The number of rotatable bonds is 2. The van der Waals surface area contributed by atoms with Gasteiger partial charge in [-0.15, -0.1) is 0 Å². The van der Waals surface area contributed by atoms with Crippen molar-refractivity contribution in [1.29, 1.82) is 0 Å². The number of nitrogens with zero attached hydrogens (tertiary/aromatic N) is 1. The van der Waals surface area contributed by atoms with E-state index < -0.39 is 0 Å². The Bertz CT molecular complexity index is 2300. The summed E-state index contributed by atoms with van der Waals surface area (Å²) in [6.07, 6.45) is 0. The van der Waals surface area contributed by atoms with Crippen LogP contribution < -0.4 is 0 Å². The van der Waals surface area contributed by atoms with Gasteiger partial charge in [-0.1, -0.05) is 103 Å². The van der Waals surface area contributed by atoms with Gasteiger partial charge >= 0.3 is 0 Å². The Morgan fingerprint density at radius 1 is 0.400 bits per heavy atom. The highest BCUT2D eigenvalue weighted by atomic mass is 14.9. The predicted octanol–water partition coefficient (Wildman–Crippen LogP) is 10.8. The van der Waals surface area contributed by atoms with Crippen LogP contribution in [0.4, 0.5) is 0 Å². The first-order valence-electron chi connectivity index (χ1n) is 13.9. The van der Waals surface area contributed by atoms with E-state index in [0.29, 0.717) is 0 Å². The lowest BCUT2D eigenvalue weighted by Gasteiger charge is -2.12. The molecule has 2 aromatic heterocycles. The molecular formula is C39H25N. The second kappa shape index (κ2) is 7.94. The molecule has 1 nitrogen and oxygen atoms in total. The van der Waals surface area contributed by atoms with Crippen LogP contribution in [0, 0.1) is 6.92 Å². The molecule has 0 aliphatic heterocycles. The van der Waals surface area contributed by atoms with Gasteiger partial charge in [-0.05, 0) is 87.1 Å². The topological polar surface area (TPSA) is 4.41 Å². The van der Waals surface area contributed by atoms with Crippen LogP contribution in [0.25, 0.3) is 81.9 Å². The molecule has 9 aromatic rings. The van der Waals surface area contributed by atoms with E-state index in [9.17, 15) is 0 Å². The minimum atomic E-state index is 1.24. The highest BCUT2D eigenvalue weighted by molar-refractivity contribution is 6.27. The third-order valence-electron chi connectivity index (χ3n) is 8.69. The Hall–Kier alpha value is -5.14. The van der Waals surface area contributed by atoms with Crippen molar-refractivity contribution < 1.29 is 0 Å². The van der Waals surface area contributed by atoms with Gasteiger partial charge in [0.05, 0.1) is 16.6 Å². The van der Waals surface area contributed by atoms with E-state index in [-0.39, 0.29) is 0 Å². The van der Waals surface area contributed by atoms with Gasteiger partial charge in [-0.3, -0.25) is 0 Å². The number of hydrogen-bond acceptors (Lipinski definition) is 0. The second-order valence-corrected chi connectivity index (χ2v) is 11.1. The highest BCUT2D eigenvalue weighted by Crippen LogP contribution is 2.45. The molecule has 9 rings (SSSR count). The third-order valence-corrected chi connectivity index (χ3v) is 8.69. The first-order valence-corrected chi connectivity index (χ1v) is 13.9. The minimum Gasteiger partial charge on any atom is -0.308 e. The van der Waals surface area contributed by atoms with E-state index in [1.807, 2.05) is 0 Å². The Labute approximate surface area is 231 Å². The SMILES string of the molecule is Cc1ccc(-c2ccccc2)c(-c2cc3c4cc5ccccc5cc4n4c5cc6ccccc6cc5c(c2)c34)c1. The van der Waals surface area contributed by atoms with Gasteiger partial charge < -0.3 is 4.40 Å². The van der Waals surface area contributed by atoms with E-state index in [1.54, 1.807) is 0 Å². The lowest BCUT2D eigenvalue weighted by Crippen LogP contribution is -1.87. The molecule has 0 atom stereocenters. The maximum Gasteiger partial charge on any atom is 0.0620 e. The summed E-state index contributed by atoms with van der Waals surface area (Å²) in [5, 5.41) is 10.4. The van der Waals surface area contributed by atoms with Crippen LogP contribution >= 0.6 is 0 Å². The van der Waals surface area contributed by atoms with Gasteiger partial charge in [0.15, 0.2) is 0 Å². The molecule has 0 saturated carbocycles. The van der Waals surface area contributed by atoms with Crippen LogP contribution in [0.15, 0.2) is 133 Å². The quantitative estimate of drug-likeness (QED) is 0.219. The number of aryl methyl sites for hydroxylation is 1. The van der Waals surface area contributed by atoms with Crippen molar-refractivity contribution in [2.75, 3.05) is 0 Å². The molecule has 0 aliphatic carbocycles. The molecule has 2 heterocycles. The van der Waals surface area contributed by atoms with Crippen molar-refractivity contribution >= 4 is 59.6 Å². The lowest BCUT2D eigenvalue weighted by atomic mass is 9.91. The average molecular weight is 508 g/mol. The summed E-state index contributed by atoms with van der Waals surface area (Å²) >= 11 is 0. The second-order valence-electron chi connectivity index (χ2n) is 11.1. The normalized spacial score (nSPS) is 12.1. The van der Waals surface area contributed by atoms with E-state index >= 15 is 0 Å². The van der Waals surface area contributed by atoms with Gasteiger partial charge in [0.1, 0.15) is 0 Å². The van der Waals surface area contributed by atoms with E-state index in [2.05, 4.69) is 145 Å². The third kappa shape index (κ3) is 2.98. The molecular weight excluding hydrogens is 482 g/mol. The first-order chi connectivity index (χ1) is 19.7. The predicted molar refractivity (Wildman–Crippen MR) is 172 cm³/mol. The number of benzene rings is 7. The summed E-state index contributed by atoms with van der Waals surface area (Å²) in [7, 11) is 0. The molecule has 0 amide bonds. The van der Waals surface area contributed by atoms with Crippen molar-refractivity contribution in [2.45, 2.75) is 6.92 Å². The zero-order valence-corrected chi connectivity index (χ0v) is 22.1. The summed E-state index contributed by atoms with van der Waals surface area (Å²) in [5.41, 5.74) is 10.2. The van der Waals surface area contributed by atoms with Gasteiger partial charge in [-0.2, -0.15) is 0 Å². The molecule has 0 saturated heterocycles. The van der Waals surface area contributed by atoms with E-state index in [4.69, 9.17) is 0 Å². The Kier molecular flexibility index (Phi) is 4.32. The number of fused-ring (bicyclic) bond motifs is 8. The summed E-state index contributed by atoms with van der Waals surface area (Å²) in [5.74, 6) is 0. The number of hydrogen-bond donors (Lipinski definition) is 0. The van der Waals surface area contributed by atoms with Gasteiger partial charge in [0.2, 0.25) is 0 Å². The van der Waals surface area contributed by atoms with Gasteiger partial charge in [-0.25, -0.2) is 0 Å². The monoisotopic (exact) mass is 507 g/mol. The molecule has 0 N–H and O–H groups in total. The number of aromatic nitrogens is 1. The minimum absolute atomic E-state index is 1.24. The van der Waals surface area contributed by atoms with Crippen LogP contribution in [0.3, 0.4) is 0 Å². The summed E-state index contributed by atoms with van der Waals surface area (Å²) in [4.78, 5) is 0. The maximum atomic E-state index is 2.51. The van der Waals surface area contributed by atoms with Gasteiger partial charge in [0, 0.05) is 21.5 Å². The lowest BCUT2D eigenvalue weighted by molar-refractivity contribution is 1.38. The van der Waals surface area contributed by atoms with Crippen LogP contribution in [0.2, 0.25) is 0 Å². The molecule has 0 aliphatic rings. The zero-order valence-electron chi connectivity index (χ0n) is 22.1. The molecule has 1 heteroatoms. The van der Waals surface area contributed by atoms with Crippen LogP contribution in [-0.4, -0.2) is 4.40 Å². The van der Waals surface area contributed by atoms with Crippen molar-refractivity contribution in [3.8, 4) is 22.3 Å². The molecule has 186 valence electrons. The van der Waals surface area contributed by atoms with E-state index in [0.717, 1.165) is 0 Å². The Balaban J connectivity index is 1.49. The van der Waals surface area contributed by atoms with Crippen LogP contribution in [-0.2, 0) is 0 Å². The van der Waals surface area contributed by atoms with Crippen molar-refractivity contribution in [3.63, 3.8) is 0 Å². The molecule has 0 unspecified atom stereocenters. The zero-order chi connectivity index (χ0) is 26.4. The smallest absolute Gasteiger partial charge is 0.0620 e. The fourth-order valence-electron chi connectivity index (χ4n) is 6.84. The molecule has 0 fully saturated rings. The van der Waals surface area contributed by atoms with Crippen molar-refractivity contribution in [1.82, 2.24) is 4.40 Å². The Morgan fingerprint density at radius 2 is 0.925 bits per heavy atom. The summed E-state index contributed by atoms with van der Waals surface area (Å²) in [6.45, 7) is 2.19. The van der Waals surface area contributed by atoms with Crippen LogP contribution in [0.5, 0.6) is 0 Å². The molecule has 40 heavy (non-hydrogen) atoms. The van der Waals surface area contributed by atoms with Crippen molar-refractivity contribution in [3.05, 3.63) is 139 Å². The summed E-state index contributed by atoms with van der Waals surface area (Å²) in [6, 6.07) is 49.4. The maximum absolute atomic E-state index is 2.51. The molecule has 0 bridgehead atoms. The molecule has 0 spiro atoms. The fraction of sp³-hybridized carbons (Fsp3) is 0.0256. The fourth-order valence-corrected chi connectivity index (χ4v) is 6.84.